The van der Waals surface area contributed by atoms with Gasteiger partial charge in [-0.25, -0.2) is 4.79 Å². The minimum absolute atomic E-state index is 0.140. The maximum Gasteiger partial charge on any atom is 0.330 e. The molecule has 0 saturated heterocycles. The highest BCUT2D eigenvalue weighted by molar-refractivity contribution is 9.10. The van der Waals surface area contributed by atoms with E-state index in [0.29, 0.717) is 6.61 Å². The zero-order valence-corrected chi connectivity index (χ0v) is 12.6. The predicted molar refractivity (Wildman–Crippen MR) is 79.0 cm³/mol. The molecule has 104 valence electrons. The molecule has 0 aliphatic rings. The number of carbonyl (C=O) groups excluding carboxylic acids is 1. The van der Waals surface area contributed by atoms with Gasteiger partial charge in [-0.1, -0.05) is 22.0 Å². The number of anilines is 1. The molecule has 0 aliphatic heterocycles. The van der Waals surface area contributed by atoms with E-state index in [0.717, 1.165) is 10.2 Å². The summed E-state index contributed by atoms with van der Waals surface area (Å²) in [5.41, 5.74) is 0.133. The Labute approximate surface area is 121 Å². The second-order valence-electron chi connectivity index (χ2n) is 4.29. The summed E-state index contributed by atoms with van der Waals surface area (Å²) in [6.45, 7) is 3.74. The zero-order chi connectivity index (χ0) is 14.3. The molecule has 0 amide bonds. The van der Waals surface area contributed by atoms with Crippen molar-refractivity contribution >= 4 is 27.6 Å². The van der Waals surface area contributed by atoms with Gasteiger partial charge in [0.05, 0.1) is 18.8 Å². The first-order valence-corrected chi connectivity index (χ1v) is 6.79. The van der Waals surface area contributed by atoms with Crippen molar-refractivity contribution < 1.29 is 14.6 Å². The Kier molecular flexibility index (Phi) is 6.05. The molecule has 0 aromatic heterocycles. The molecule has 4 nitrogen and oxygen atoms in total. The van der Waals surface area contributed by atoms with E-state index in [1.165, 1.54) is 6.08 Å². The quantitative estimate of drug-likeness (QED) is 0.623. The lowest BCUT2D eigenvalue weighted by atomic mass is 10.0. The van der Waals surface area contributed by atoms with Crippen molar-refractivity contribution in [2.75, 3.05) is 18.5 Å². The minimum Gasteiger partial charge on any atom is -0.463 e. The van der Waals surface area contributed by atoms with E-state index in [1.807, 2.05) is 24.3 Å². The average molecular weight is 328 g/mol. The zero-order valence-electron chi connectivity index (χ0n) is 11.0. The molecule has 0 heterocycles. The predicted octanol–water partition coefficient (Wildman–Crippen LogP) is 2.73. The summed E-state index contributed by atoms with van der Waals surface area (Å²) in [7, 11) is 0. The molecular weight excluding hydrogens is 310 g/mol. The number of esters is 1. The number of benzene rings is 1. The SMILES string of the molecule is CCOC(=O)/C=C/C(C)(CO)Nc1ccc(Br)cc1. The highest BCUT2D eigenvalue weighted by Gasteiger charge is 2.19. The molecule has 1 unspecified atom stereocenters. The summed E-state index contributed by atoms with van der Waals surface area (Å²) in [5.74, 6) is -0.417. The van der Waals surface area contributed by atoms with Gasteiger partial charge in [0.15, 0.2) is 0 Å². The monoisotopic (exact) mass is 327 g/mol. The molecule has 0 saturated carbocycles. The normalized spacial score (nSPS) is 14.1. The number of rotatable bonds is 6. The summed E-state index contributed by atoms with van der Waals surface area (Å²) < 4.78 is 5.78. The van der Waals surface area contributed by atoms with Crippen LogP contribution in [0.1, 0.15) is 13.8 Å². The topological polar surface area (TPSA) is 58.6 Å². The lowest BCUT2D eigenvalue weighted by Gasteiger charge is -2.26. The lowest BCUT2D eigenvalue weighted by molar-refractivity contribution is -0.137. The fourth-order valence-corrected chi connectivity index (χ4v) is 1.70. The van der Waals surface area contributed by atoms with Gasteiger partial charge in [-0.15, -0.1) is 0 Å². The summed E-state index contributed by atoms with van der Waals surface area (Å²) in [4.78, 5) is 11.3. The van der Waals surface area contributed by atoms with E-state index in [9.17, 15) is 9.90 Å². The Morgan fingerprint density at radius 1 is 1.47 bits per heavy atom. The van der Waals surface area contributed by atoms with Gasteiger partial charge in [0.25, 0.3) is 0 Å². The van der Waals surface area contributed by atoms with Crippen LogP contribution in [-0.2, 0) is 9.53 Å². The second kappa shape index (κ2) is 7.31. The second-order valence-corrected chi connectivity index (χ2v) is 5.21. The summed E-state index contributed by atoms with van der Waals surface area (Å²) in [6, 6.07) is 7.57. The number of hydrogen-bond donors (Lipinski definition) is 2. The number of hydrogen-bond acceptors (Lipinski definition) is 4. The molecule has 0 spiro atoms. The third-order valence-electron chi connectivity index (χ3n) is 2.48. The van der Waals surface area contributed by atoms with Gasteiger partial charge < -0.3 is 15.2 Å². The fourth-order valence-electron chi connectivity index (χ4n) is 1.44. The Morgan fingerprint density at radius 3 is 2.63 bits per heavy atom. The van der Waals surface area contributed by atoms with Gasteiger partial charge in [0, 0.05) is 16.2 Å². The van der Waals surface area contributed by atoms with E-state index in [4.69, 9.17) is 4.74 Å². The van der Waals surface area contributed by atoms with Crippen LogP contribution in [-0.4, -0.2) is 29.8 Å². The molecule has 5 heteroatoms. The fraction of sp³-hybridized carbons (Fsp3) is 0.357. The van der Waals surface area contributed by atoms with Gasteiger partial charge in [-0.2, -0.15) is 0 Å². The lowest BCUT2D eigenvalue weighted by Crippen LogP contribution is -2.36. The maximum absolute atomic E-state index is 11.3. The third-order valence-corrected chi connectivity index (χ3v) is 3.01. The largest absolute Gasteiger partial charge is 0.463 e. The van der Waals surface area contributed by atoms with Crippen LogP contribution in [0, 0.1) is 0 Å². The van der Waals surface area contributed by atoms with Crippen LogP contribution in [0.2, 0.25) is 0 Å². The molecule has 1 aromatic rings. The Bertz CT molecular complexity index is 445. The number of nitrogens with one attached hydrogen (secondary N) is 1. The number of halogens is 1. The molecule has 0 aliphatic carbocycles. The maximum atomic E-state index is 11.3. The van der Waals surface area contributed by atoms with Gasteiger partial charge in [-0.3, -0.25) is 0 Å². The van der Waals surface area contributed by atoms with E-state index < -0.39 is 11.5 Å². The van der Waals surface area contributed by atoms with Gasteiger partial charge in [0.1, 0.15) is 0 Å². The van der Waals surface area contributed by atoms with Crippen LogP contribution in [0.25, 0.3) is 0 Å². The van der Waals surface area contributed by atoms with E-state index in [-0.39, 0.29) is 6.61 Å². The third kappa shape index (κ3) is 5.44. The van der Waals surface area contributed by atoms with Crippen LogP contribution in [0.5, 0.6) is 0 Å². The summed E-state index contributed by atoms with van der Waals surface area (Å²) in [6.07, 6.45) is 2.93. The van der Waals surface area contributed by atoms with Crippen LogP contribution in [0.15, 0.2) is 40.9 Å². The standard InChI is InChI=1S/C14H18BrNO3/c1-3-19-13(18)8-9-14(2,10-17)16-12-6-4-11(15)5-7-12/h4-9,16-17H,3,10H2,1-2H3/b9-8+. The van der Waals surface area contributed by atoms with Crippen molar-refractivity contribution in [3.05, 3.63) is 40.9 Å². The molecule has 2 N–H and O–H groups in total. The Balaban J connectivity index is 2.74. The Hall–Kier alpha value is -1.33. The van der Waals surface area contributed by atoms with Crippen molar-refractivity contribution in [2.24, 2.45) is 0 Å². The first kappa shape index (κ1) is 15.7. The highest BCUT2D eigenvalue weighted by Crippen LogP contribution is 2.19. The van der Waals surface area contributed by atoms with E-state index in [2.05, 4.69) is 21.2 Å². The number of ether oxygens (including phenoxy) is 1. The van der Waals surface area contributed by atoms with Crippen molar-refractivity contribution in [3.63, 3.8) is 0 Å². The first-order valence-electron chi connectivity index (χ1n) is 5.99. The van der Waals surface area contributed by atoms with Crippen LogP contribution in [0.3, 0.4) is 0 Å². The number of aliphatic hydroxyl groups is 1. The molecular formula is C14H18BrNO3. The smallest absolute Gasteiger partial charge is 0.330 e. The van der Waals surface area contributed by atoms with E-state index >= 15 is 0 Å². The van der Waals surface area contributed by atoms with Crippen LogP contribution in [0.4, 0.5) is 5.69 Å². The van der Waals surface area contributed by atoms with E-state index in [1.54, 1.807) is 19.9 Å². The van der Waals surface area contributed by atoms with Crippen LogP contribution >= 0.6 is 15.9 Å². The van der Waals surface area contributed by atoms with Crippen molar-refractivity contribution in [2.45, 2.75) is 19.4 Å². The number of carbonyl (C=O) groups is 1. The molecule has 1 rings (SSSR count). The first-order chi connectivity index (χ1) is 8.99. The molecule has 0 bridgehead atoms. The van der Waals surface area contributed by atoms with Crippen molar-refractivity contribution in [1.82, 2.24) is 0 Å². The highest BCUT2D eigenvalue weighted by atomic mass is 79.9. The summed E-state index contributed by atoms with van der Waals surface area (Å²) >= 11 is 3.36. The molecule has 1 atom stereocenters. The van der Waals surface area contributed by atoms with Crippen molar-refractivity contribution in [3.8, 4) is 0 Å². The molecule has 1 aromatic carbocycles. The van der Waals surface area contributed by atoms with Crippen LogP contribution < -0.4 is 5.32 Å². The minimum atomic E-state index is -0.722. The molecule has 19 heavy (non-hydrogen) atoms. The van der Waals surface area contributed by atoms with Gasteiger partial charge >= 0.3 is 5.97 Å². The molecule has 0 radical (unpaired) electrons. The van der Waals surface area contributed by atoms with Crippen molar-refractivity contribution in [1.29, 1.82) is 0 Å². The Morgan fingerprint density at radius 2 is 2.11 bits per heavy atom. The van der Waals surface area contributed by atoms with Gasteiger partial charge in [-0.05, 0) is 38.1 Å². The molecule has 0 fully saturated rings. The summed E-state index contributed by atoms with van der Waals surface area (Å²) in [5, 5.41) is 12.6. The average Bonchev–Trinajstić information content (AvgIpc) is 2.40. The number of aliphatic hydroxyl groups excluding tert-OH is 1. The van der Waals surface area contributed by atoms with Gasteiger partial charge in [0.2, 0.25) is 0 Å².